The van der Waals surface area contributed by atoms with Crippen molar-refractivity contribution in [2.75, 3.05) is 37.7 Å². The van der Waals surface area contributed by atoms with E-state index in [4.69, 9.17) is 10.5 Å². The van der Waals surface area contributed by atoms with Crippen LogP contribution in [0.2, 0.25) is 0 Å². The SMILES string of the molecule is NCC1CCN(C(=O)CN2C(=O)COc3cc(Br)ccc32)C1. The molecule has 1 aromatic carbocycles. The minimum Gasteiger partial charge on any atom is -0.482 e. The van der Waals surface area contributed by atoms with Gasteiger partial charge in [-0.15, -0.1) is 0 Å². The second-order valence-electron chi connectivity index (χ2n) is 5.61. The van der Waals surface area contributed by atoms with Crippen molar-refractivity contribution in [1.29, 1.82) is 0 Å². The molecule has 2 heterocycles. The monoisotopic (exact) mass is 367 g/mol. The molecular weight excluding hydrogens is 350 g/mol. The predicted molar refractivity (Wildman–Crippen MR) is 85.7 cm³/mol. The Balaban J connectivity index is 1.75. The van der Waals surface area contributed by atoms with Crippen molar-refractivity contribution in [2.45, 2.75) is 6.42 Å². The molecule has 2 aliphatic heterocycles. The van der Waals surface area contributed by atoms with Crippen LogP contribution in [0.15, 0.2) is 22.7 Å². The van der Waals surface area contributed by atoms with Gasteiger partial charge < -0.3 is 15.4 Å². The molecular formula is C15H18BrN3O3. The van der Waals surface area contributed by atoms with Gasteiger partial charge in [-0.1, -0.05) is 15.9 Å². The zero-order valence-electron chi connectivity index (χ0n) is 12.1. The summed E-state index contributed by atoms with van der Waals surface area (Å²) in [7, 11) is 0. The zero-order chi connectivity index (χ0) is 15.7. The Labute approximate surface area is 137 Å². The van der Waals surface area contributed by atoms with Crippen LogP contribution in [0.5, 0.6) is 5.75 Å². The number of likely N-dealkylation sites (tertiary alicyclic amines) is 1. The molecule has 6 nitrogen and oxygen atoms in total. The highest BCUT2D eigenvalue weighted by molar-refractivity contribution is 9.10. The summed E-state index contributed by atoms with van der Waals surface area (Å²) < 4.78 is 6.30. The topological polar surface area (TPSA) is 75.9 Å². The average Bonchev–Trinajstić information content (AvgIpc) is 2.99. The summed E-state index contributed by atoms with van der Waals surface area (Å²) in [5, 5.41) is 0. The number of nitrogens with zero attached hydrogens (tertiary/aromatic N) is 2. The van der Waals surface area contributed by atoms with Crippen molar-refractivity contribution in [3.05, 3.63) is 22.7 Å². The first kappa shape index (κ1) is 15.3. The molecule has 0 bridgehead atoms. The Bertz CT molecular complexity index is 608. The van der Waals surface area contributed by atoms with Gasteiger partial charge >= 0.3 is 0 Å². The maximum atomic E-state index is 12.4. The van der Waals surface area contributed by atoms with E-state index in [1.54, 1.807) is 17.0 Å². The third-order valence-electron chi connectivity index (χ3n) is 4.13. The van der Waals surface area contributed by atoms with Crippen molar-refractivity contribution < 1.29 is 14.3 Å². The Morgan fingerprint density at radius 3 is 3.00 bits per heavy atom. The van der Waals surface area contributed by atoms with E-state index in [9.17, 15) is 9.59 Å². The third kappa shape index (κ3) is 2.96. The number of hydrogen-bond donors (Lipinski definition) is 1. The minimum atomic E-state index is -0.197. The molecule has 0 radical (unpaired) electrons. The van der Waals surface area contributed by atoms with E-state index >= 15 is 0 Å². The Kier molecular flexibility index (Phi) is 4.35. The molecule has 3 rings (SSSR count). The van der Waals surface area contributed by atoms with Gasteiger partial charge in [-0.25, -0.2) is 0 Å². The third-order valence-corrected chi connectivity index (χ3v) is 4.62. The average molecular weight is 368 g/mol. The van der Waals surface area contributed by atoms with E-state index in [0.717, 1.165) is 10.9 Å². The molecule has 1 fully saturated rings. The Morgan fingerprint density at radius 2 is 2.27 bits per heavy atom. The first-order valence-corrected chi connectivity index (χ1v) is 8.08. The number of carbonyl (C=O) groups is 2. The fourth-order valence-electron chi connectivity index (χ4n) is 2.84. The second kappa shape index (κ2) is 6.26. The Hall–Kier alpha value is -1.60. The zero-order valence-corrected chi connectivity index (χ0v) is 13.7. The molecule has 1 saturated heterocycles. The lowest BCUT2D eigenvalue weighted by molar-refractivity contribution is -0.131. The van der Waals surface area contributed by atoms with Crippen molar-refractivity contribution in [2.24, 2.45) is 11.7 Å². The number of nitrogens with two attached hydrogens (primary N) is 1. The molecule has 0 aromatic heterocycles. The molecule has 22 heavy (non-hydrogen) atoms. The summed E-state index contributed by atoms with van der Waals surface area (Å²) >= 11 is 3.37. The fourth-order valence-corrected chi connectivity index (χ4v) is 3.18. The maximum Gasteiger partial charge on any atom is 0.265 e. The first-order chi connectivity index (χ1) is 10.6. The molecule has 0 saturated carbocycles. The molecule has 2 N–H and O–H groups in total. The molecule has 118 valence electrons. The minimum absolute atomic E-state index is 0.0395. The van der Waals surface area contributed by atoms with Gasteiger partial charge in [0.15, 0.2) is 6.61 Å². The lowest BCUT2D eigenvalue weighted by Gasteiger charge is -2.30. The second-order valence-corrected chi connectivity index (χ2v) is 6.53. The van der Waals surface area contributed by atoms with Crippen LogP contribution in [0.25, 0.3) is 0 Å². The van der Waals surface area contributed by atoms with E-state index in [0.29, 0.717) is 37.0 Å². The highest BCUT2D eigenvalue weighted by Crippen LogP contribution is 2.34. The van der Waals surface area contributed by atoms with Crippen LogP contribution in [0.1, 0.15) is 6.42 Å². The van der Waals surface area contributed by atoms with Gasteiger partial charge in [0.2, 0.25) is 5.91 Å². The number of halogens is 1. The van der Waals surface area contributed by atoms with Gasteiger partial charge in [-0.05, 0) is 37.1 Å². The summed E-state index contributed by atoms with van der Waals surface area (Å²) in [5.41, 5.74) is 6.30. The van der Waals surface area contributed by atoms with Gasteiger partial charge in [0.05, 0.1) is 5.69 Å². The number of ether oxygens (including phenoxy) is 1. The first-order valence-electron chi connectivity index (χ1n) is 7.29. The fraction of sp³-hybridized carbons (Fsp3) is 0.467. The van der Waals surface area contributed by atoms with Crippen LogP contribution >= 0.6 is 15.9 Å². The number of fused-ring (bicyclic) bond motifs is 1. The molecule has 0 aliphatic carbocycles. The molecule has 1 aromatic rings. The molecule has 0 spiro atoms. The van der Waals surface area contributed by atoms with Crippen molar-refractivity contribution in [1.82, 2.24) is 4.90 Å². The normalized spacial score (nSPS) is 20.8. The van der Waals surface area contributed by atoms with E-state index < -0.39 is 0 Å². The number of rotatable bonds is 3. The molecule has 1 unspecified atom stereocenters. The Morgan fingerprint density at radius 1 is 1.45 bits per heavy atom. The lowest BCUT2D eigenvalue weighted by atomic mass is 10.1. The predicted octanol–water partition coefficient (Wildman–Crippen LogP) is 0.982. The van der Waals surface area contributed by atoms with E-state index in [-0.39, 0.29) is 25.0 Å². The van der Waals surface area contributed by atoms with Crippen LogP contribution in [0.4, 0.5) is 5.69 Å². The van der Waals surface area contributed by atoms with Crippen LogP contribution in [0.3, 0.4) is 0 Å². The van der Waals surface area contributed by atoms with Gasteiger partial charge in [-0.3, -0.25) is 14.5 Å². The molecule has 2 aliphatic rings. The lowest BCUT2D eigenvalue weighted by Crippen LogP contribution is -2.46. The standard InChI is InChI=1S/C15H18BrN3O3/c16-11-1-2-12-13(5-11)22-9-15(21)19(12)8-14(20)18-4-3-10(6-17)7-18/h1-2,5,10H,3-4,6-9,17H2. The summed E-state index contributed by atoms with van der Waals surface area (Å²) in [6.07, 6.45) is 0.933. The number of anilines is 1. The molecule has 1 atom stereocenters. The van der Waals surface area contributed by atoms with Gasteiger partial charge in [0.1, 0.15) is 12.3 Å². The van der Waals surface area contributed by atoms with Gasteiger partial charge in [0.25, 0.3) is 5.91 Å². The number of carbonyl (C=O) groups excluding carboxylic acids is 2. The summed E-state index contributed by atoms with van der Waals surface area (Å²) in [4.78, 5) is 27.8. The van der Waals surface area contributed by atoms with Crippen LogP contribution in [0, 0.1) is 5.92 Å². The number of hydrogen-bond acceptors (Lipinski definition) is 4. The smallest absolute Gasteiger partial charge is 0.265 e. The van der Waals surface area contributed by atoms with E-state index in [2.05, 4.69) is 15.9 Å². The van der Waals surface area contributed by atoms with E-state index in [1.807, 2.05) is 6.07 Å². The number of benzene rings is 1. The largest absolute Gasteiger partial charge is 0.482 e. The van der Waals surface area contributed by atoms with Gasteiger partial charge in [0, 0.05) is 17.6 Å². The van der Waals surface area contributed by atoms with Gasteiger partial charge in [-0.2, -0.15) is 0 Å². The quantitative estimate of drug-likeness (QED) is 0.863. The van der Waals surface area contributed by atoms with Crippen LogP contribution in [-0.4, -0.2) is 49.5 Å². The molecule has 2 amide bonds. The highest BCUT2D eigenvalue weighted by Gasteiger charge is 2.31. The van der Waals surface area contributed by atoms with Crippen LogP contribution < -0.4 is 15.4 Å². The summed E-state index contributed by atoms with van der Waals surface area (Å²) in [5.74, 6) is 0.744. The highest BCUT2D eigenvalue weighted by atomic mass is 79.9. The van der Waals surface area contributed by atoms with E-state index in [1.165, 1.54) is 4.90 Å². The van der Waals surface area contributed by atoms with Crippen LogP contribution in [-0.2, 0) is 9.59 Å². The maximum absolute atomic E-state index is 12.4. The summed E-state index contributed by atoms with van der Waals surface area (Å²) in [6, 6.07) is 5.43. The number of amides is 2. The van der Waals surface area contributed by atoms with Crippen molar-refractivity contribution in [3.63, 3.8) is 0 Å². The molecule has 7 heteroatoms. The summed E-state index contributed by atoms with van der Waals surface area (Å²) in [6.45, 7) is 2.00. The van der Waals surface area contributed by atoms with Crippen molar-refractivity contribution in [3.8, 4) is 5.75 Å². The van der Waals surface area contributed by atoms with Crippen molar-refractivity contribution >= 4 is 33.4 Å².